The SMILES string of the molecule is CC(=O)Nc1ccccc1N1C(=O)NC(=O)C2(O)N=CN(C3CCN(Cc4ccccn4)CC3)C12. The number of piperidine rings is 1. The van der Waals surface area contributed by atoms with E-state index in [2.05, 4.69) is 25.5 Å². The quantitative estimate of drug-likeness (QED) is 0.588. The maximum atomic E-state index is 13.1. The Balaban J connectivity index is 1.40. The zero-order valence-corrected chi connectivity index (χ0v) is 19.3. The van der Waals surface area contributed by atoms with Gasteiger partial charge in [0.05, 0.1) is 23.4 Å². The van der Waals surface area contributed by atoms with Crippen molar-refractivity contribution in [3.63, 3.8) is 0 Å². The predicted molar refractivity (Wildman–Crippen MR) is 128 cm³/mol. The first-order valence-corrected chi connectivity index (χ1v) is 11.6. The summed E-state index contributed by atoms with van der Waals surface area (Å²) >= 11 is 0. The number of likely N-dealkylation sites (tertiary alicyclic amines) is 1. The molecule has 1 aromatic carbocycles. The number of nitrogens with zero attached hydrogens (tertiary/aromatic N) is 5. The lowest BCUT2D eigenvalue weighted by atomic mass is 9.99. The molecule has 5 rings (SSSR count). The van der Waals surface area contributed by atoms with E-state index in [1.54, 1.807) is 35.4 Å². The largest absolute Gasteiger partial charge is 0.359 e. The molecule has 11 heteroatoms. The molecule has 3 aliphatic heterocycles. The van der Waals surface area contributed by atoms with Gasteiger partial charge in [0.15, 0.2) is 6.17 Å². The third-order valence-electron chi connectivity index (χ3n) is 6.61. The highest BCUT2D eigenvalue weighted by atomic mass is 16.3. The summed E-state index contributed by atoms with van der Waals surface area (Å²) in [7, 11) is 0. The predicted octanol–water partition coefficient (Wildman–Crippen LogP) is 1.12. The van der Waals surface area contributed by atoms with E-state index >= 15 is 0 Å². The number of para-hydroxylation sites is 2. The number of pyridine rings is 1. The Labute approximate surface area is 202 Å². The Hall–Kier alpha value is -3.83. The Morgan fingerprint density at radius 2 is 1.91 bits per heavy atom. The second-order valence-corrected chi connectivity index (χ2v) is 8.95. The number of amides is 4. The first-order chi connectivity index (χ1) is 16.9. The normalized spacial score (nSPS) is 24.9. The molecule has 2 saturated heterocycles. The number of hydrogen-bond acceptors (Lipinski definition) is 8. The van der Waals surface area contributed by atoms with Crippen LogP contribution in [0.4, 0.5) is 16.2 Å². The zero-order chi connectivity index (χ0) is 24.6. The van der Waals surface area contributed by atoms with Gasteiger partial charge in [0.2, 0.25) is 5.91 Å². The van der Waals surface area contributed by atoms with Crippen molar-refractivity contribution in [1.29, 1.82) is 0 Å². The van der Waals surface area contributed by atoms with E-state index in [1.165, 1.54) is 18.2 Å². The van der Waals surface area contributed by atoms with Gasteiger partial charge in [-0.15, -0.1) is 0 Å². The molecule has 4 heterocycles. The molecule has 0 aliphatic carbocycles. The third-order valence-corrected chi connectivity index (χ3v) is 6.61. The number of aromatic nitrogens is 1. The molecule has 2 fully saturated rings. The Bertz CT molecular complexity index is 1170. The van der Waals surface area contributed by atoms with Gasteiger partial charge in [0.1, 0.15) is 0 Å². The van der Waals surface area contributed by atoms with Crippen molar-refractivity contribution in [2.75, 3.05) is 23.3 Å². The van der Waals surface area contributed by atoms with Crippen LogP contribution in [0, 0.1) is 0 Å². The molecule has 35 heavy (non-hydrogen) atoms. The zero-order valence-electron chi connectivity index (χ0n) is 19.3. The lowest BCUT2D eigenvalue weighted by Gasteiger charge is -2.47. The number of imide groups is 1. The average molecular weight is 478 g/mol. The second-order valence-electron chi connectivity index (χ2n) is 8.95. The number of nitrogens with one attached hydrogen (secondary N) is 2. The highest BCUT2D eigenvalue weighted by Crippen LogP contribution is 2.39. The van der Waals surface area contributed by atoms with Crippen molar-refractivity contribution < 1.29 is 19.5 Å². The minimum absolute atomic E-state index is 0.0492. The number of fused-ring (bicyclic) bond motifs is 1. The van der Waals surface area contributed by atoms with Crippen LogP contribution in [0.2, 0.25) is 0 Å². The summed E-state index contributed by atoms with van der Waals surface area (Å²) in [5, 5.41) is 16.2. The Morgan fingerprint density at radius 1 is 1.17 bits per heavy atom. The Morgan fingerprint density at radius 3 is 2.63 bits per heavy atom. The molecule has 0 radical (unpaired) electrons. The molecular formula is C24H27N7O4. The van der Waals surface area contributed by atoms with Crippen LogP contribution < -0.4 is 15.5 Å². The molecule has 2 unspecified atom stereocenters. The summed E-state index contributed by atoms with van der Waals surface area (Å²) in [6.07, 6.45) is 3.68. The molecule has 2 aromatic rings. The first kappa shape index (κ1) is 22.9. The van der Waals surface area contributed by atoms with Crippen LogP contribution in [0.1, 0.15) is 25.5 Å². The summed E-state index contributed by atoms with van der Waals surface area (Å²) in [5.41, 5.74) is -0.413. The highest BCUT2D eigenvalue weighted by Gasteiger charge is 2.60. The van der Waals surface area contributed by atoms with Gasteiger partial charge in [-0.25, -0.2) is 9.79 Å². The number of anilines is 2. The van der Waals surface area contributed by atoms with E-state index in [1.807, 2.05) is 18.2 Å². The monoisotopic (exact) mass is 477 g/mol. The molecule has 0 saturated carbocycles. The second kappa shape index (κ2) is 9.08. The van der Waals surface area contributed by atoms with E-state index in [0.29, 0.717) is 11.4 Å². The molecule has 3 N–H and O–H groups in total. The van der Waals surface area contributed by atoms with Gasteiger partial charge in [-0.05, 0) is 37.1 Å². The minimum atomic E-state index is -2.16. The third kappa shape index (κ3) is 4.24. The maximum Gasteiger partial charge on any atom is 0.330 e. The van der Waals surface area contributed by atoms with Gasteiger partial charge >= 0.3 is 6.03 Å². The first-order valence-electron chi connectivity index (χ1n) is 11.6. The van der Waals surface area contributed by atoms with Crippen molar-refractivity contribution in [1.82, 2.24) is 20.1 Å². The number of urea groups is 1. The van der Waals surface area contributed by atoms with Crippen LogP contribution in [0.15, 0.2) is 53.7 Å². The van der Waals surface area contributed by atoms with Crippen LogP contribution in [0.25, 0.3) is 0 Å². The standard InChI is InChI=1S/C24H27N7O4/c1-16(32)27-19-7-2-3-8-20(19)31-22-24(35,21(33)28-23(31)34)26-15-30(22)18-9-12-29(13-10-18)14-17-6-4-5-11-25-17/h2-8,11,15,18,22,35H,9-10,12-14H2,1H3,(H,27,32)(H,28,33,34). The summed E-state index contributed by atoms with van der Waals surface area (Å²) in [5.74, 6) is -1.17. The molecule has 11 nitrogen and oxygen atoms in total. The minimum Gasteiger partial charge on any atom is -0.359 e. The van der Waals surface area contributed by atoms with Gasteiger partial charge in [-0.2, -0.15) is 0 Å². The van der Waals surface area contributed by atoms with Gasteiger partial charge in [-0.3, -0.25) is 29.7 Å². The molecule has 4 amide bonds. The van der Waals surface area contributed by atoms with E-state index in [-0.39, 0.29) is 11.9 Å². The van der Waals surface area contributed by atoms with E-state index in [4.69, 9.17) is 0 Å². The number of rotatable bonds is 5. The average Bonchev–Trinajstić information content (AvgIpc) is 3.20. The fourth-order valence-electron chi connectivity index (χ4n) is 4.95. The maximum absolute atomic E-state index is 13.1. The molecule has 182 valence electrons. The van der Waals surface area contributed by atoms with Crippen LogP contribution in [0.5, 0.6) is 0 Å². The van der Waals surface area contributed by atoms with E-state index in [0.717, 1.165) is 38.2 Å². The van der Waals surface area contributed by atoms with Crippen molar-refractivity contribution in [3.05, 3.63) is 54.4 Å². The van der Waals surface area contributed by atoms with Gasteiger partial charge in [0.25, 0.3) is 11.6 Å². The molecule has 1 aromatic heterocycles. The van der Waals surface area contributed by atoms with E-state index in [9.17, 15) is 19.5 Å². The molecule has 0 spiro atoms. The number of benzene rings is 1. The van der Waals surface area contributed by atoms with Crippen LogP contribution in [-0.4, -0.2) is 75.1 Å². The van der Waals surface area contributed by atoms with Crippen LogP contribution in [0.3, 0.4) is 0 Å². The van der Waals surface area contributed by atoms with Gasteiger partial charge in [-0.1, -0.05) is 18.2 Å². The van der Waals surface area contributed by atoms with E-state index < -0.39 is 23.8 Å². The number of hydrogen-bond donors (Lipinski definition) is 3. The molecular weight excluding hydrogens is 450 g/mol. The number of aliphatic hydroxyl groups is 1. The van der Waals surface area contributed by atoms with Gasteiger partial charge < -0.3 is 15.3 Å². The van der Waals surface area contributed by atoms with Crippen LogP contribution >= 0.6 is 0 Å². The summed E-state index contributed by atoms with van der Waals surface area (Å²) < 4.78 is 0. The van der Waals surface area contributed by atoms with Crippen LogP contribution in [-0.2, 0) is 16.1 Å². The Kier molecular flexibility index (Phi) is 5.95. The molecule has 3 aliphatic rings. The fraction of sp³-hybridized carbons (Fsp3) is 0.375. The number of carbonyl (C=O) groups excluding carboxylic acids is 3. The van der Waals surface area contributed by atoms with Crippen molar-refractivity contribution in [2.45, 2.75) is 44.2 Å². The van der Waals surface area contributed by atoms with Gasteiger partial charge in [0, 0.05) is 38.8 Å². The van der Waals surface area contributed by atoms with Crippen molar-refractivity contribution in [3.8, 4) is 0 Å². The molecule has 2 atom stereocenters. The van der Waals surface area contributed by atoms with Crippen molar-refractivity contribution >= 4 is 35.6 Å². The highest BCUT2D eigenvalue weighted by molar-refractivity contribution is 6.12. The number of aliphatic imine (C=N–C) groups is 1. The summed E-state index contributed by atoms with van der Waals surface area (Å²) in [6.45, 7) is 3.70. The van der Waals surface area contributed by atoms with Crippen molar-refractivity contribution in [2.24, 2.45) is 4.99 Å². The topological polar surface area (TPSA) is 130 Å². The lowest BCUT2D eigenvalue weighted by Crippen LogP contribution is -2.73. The summed E-state index contributed by atoms with van der Waals surface area (Å²) in [4.78, 5) is 51.5. The fourth-order valence-corrected chi connectivity index (χ4v) is 4.95. The molecule has 0 bridgehead atoms. The number of carbonyl (C=O) groups is 3. The lowest BCUT2D eigenvalue weighted by molar-refractivity contribution is -0.144. The summed E-state index contributed by atoms with van der Waals surface area (Å²) in [6, 6.07) is 11.9. The smallest absolute Gasteiger partial charge is 0.330 e.